The van der Waals surface area contributed by atoms with E-state index in [1.807, 2.05) is 42.5 Å². The minimum atomic E-state index is -0.269. The number of phenolic OH excluding ortho intramolecular Hbond substituents is 1. The van der Waals surface area contributed by atoms with E-state index in [0.717, 1.165) is 20.0 Å². The standard InChI is InChI=1S/C19H16IN3O2/c20-15-8-9-18(24)14(10-15)11-22-23-19(25)12-21-17-7-3-5-13-4-1-2-6-16(13)17/h1-11,21,24H,12H2,(H,23,25)/b22-11+. The topological polar surface area (TPSA) is 73.7 Å². The summed E-state index contributed by atoms with van der Waals surface area (Å²) in [6, 6.07) is 19.0. The molecule has 0 aromatic heterocycles. The highest BCUT2D eigenvalue weighted by molar-refractivity contribution is 14.1. The highest BCUT2D eigenvalue weighted by Crippen LogP contribution is 2.22. The lowest BCUT2D eigenvalue weighted by Gasteiger charge is -2.08. The Bertz CT molecular complexity index is 936. The van der Waals surface area contributed by atoms with Crippen LogP contribution < -0.4 is 10.7 Å². The highest BCUT2D eigenvalue weighted by atomic mass is 127. The zero-order valence-electron chi connectivity index (χ0n) is 13.2. The second kappa shape index (κ2) is 7.98. The summed E-state index contributed by atoms with van der Waals surface area (Å²) in [5.41, 5.74) is 3.90. The number of amides is 1. The van der Waals surface area contributed by atoms with Crippen LogP contribution in [0.1, 0.15) is 5.56 Å². The Hall–Kier alpha value is -2.61. The van der Waals surface area contributed by atoms with Crippen LogP contribution in [0.3, 0.4) is 0 Å². The number of nitrogens with zero attached hydrogens (tertiary/aromatic N) is 1. The normalized spacial score (nSPS) is 10.9. The maximum absolute atomic E-state index is 11.9. The maximum atomic E-state index is 11.9. The molecule has 126 valence electrons. The van der Waals surface area contributed by atoms with Gasteiger partial charge in [-0.25, -0.2) is 5.43 Å². The van der Waals surface area contributed by atoms with Gasteiger partial charge in [-0.3, -0.25) is 4.79 Å². The number of phenols is 1. The second-order valence-corrected chi connectivity index (χ2v) is 6.62. The third kappa shape index (κ3) is 4.48. The van der Waals surface area contributed by atoms with E-state index in [9.17, 15) is 9.90 Å². The molecule has 0 radical (unpaired) electrons. The minimum absolute atomic E-state index is 0.101. The molecule has 0 bridgehead atoms. The van der Waals surface area contributed by atoms with E-state index in [-0.39, 0.29) is 18.2 Å². The summed E-state index contributed by atoms with van der Waals surface area (Å²) in [5, 5.41) is 18.9. The van der Waals surface area contributed by atoms with Crippen molar-refractivity contribution in [3.05, 3.63) is 69.8 Å². The number of halogens is 1. The first-order valence-electron chi connectivity index (χ1n) is 7.65. The number of rotatable bonds is 5. The SMILES string of the molecule is O=C(CNc1cccc2ccccc12)N/N=C/c1cc(I)ccc1O. The maximum Gasteiger partial charge on any atom is 0.259 e. The summed E-state index contributed by atoms with van der Waals surface area (Å²) in [5.74, 6) is -0.151. The molecule has 3 rings (SSSR count). The minimum Gasteiger partial charge on any atom is -0.507 e. The van der Waals surface area contributed by atoms with Crippen molar-refractivity contribution in [2.45, 2.75) is 0 Å². The molecule has 0 heterocycles. The van der Waals surface area contributed by atoms with Crippen LogP contribution in [-0.4, -0.2) is 23.8 Å². The van der Waals surface area contributed by atoms with Gasteiger partial charge in [-0.05, 0) is 52.2 Å². The van der Waals surface area contributed by atoms with Gasteiger partial charge in [0, 0.05) is 20.2 Å². The van der Waals surface area contributed by atoms with Crippen LogP contribution in [0.15, 0.2) is 65.8 Å². The number of fused-ring (bicyclic) bond motifs is 1. The van der Waals surface area contributed by atoms with Crippen molar-refractivity contribution in [2.24, 2.45) is 5.10 Å². The van der Waals surface area contributed by atoms with Crippen LogP contribution in [-0.2, 0) is 4.79 Å². The number of carbonyl (C=O) groups is 1. The Morgan fingerprint density at radius 3 is 2.80 bits per heavy atom. The van der Waals surface area contributed by atoms with Crippen LogP contribution in [0.5, 0.6) is 5.75 Å². The lowest BCUT2D eigenvalue weighted by Crippen LogP contribution is -2.25. The number of nitrogens with one attached hydrogen (secondary N) is 2. The van der Waals surface area contributed by atoms with Gasteiger partial charge in [0.1, 0.15) is 5.75 Å². The fourth-order valence-electron chi connectivity index (χ4n) is 2.40. The monoisotopic (exact) mass is 445 g/mol. The van der Waals surface area contributed by atoms with E-state index in [0.29, 0.717) is 5.56 Å². The van der Waals surface area contributed by atoms with Crippen molar-refractivity contribution in [1.82, 2.24) is 5.43 Å². The van der Waals surface area contributed by atoms with Gasteiger partial charge in [0.05, 0.1) is 12.8 Å². The van der Waals surface area contributed by atoms with E-state index >= 15 is 0 Å². The summed E-state index contributed by atoms with van der Waals surface area (Å²) >= 11 is 2.14. The zero-order chi connectivity index (χ0) is 17.6. The number of carbonyl (C=O) groups excluding carboxylic acids is 1. The first-order chi connectivity index (χ1) is 12.1. The Morgan fingerprint density at radius 2 is 1.92 bits per heavy atom. The molecular formula is C19H16IN3O2. The highest BCUT2D eigenvalue weighted by Gasteiger charge is 2.03. The van der Waals surface area contributed by atoms with E-state index in [1.54, 1.807) is 18.2 Å². The fraction of sp³-hybridized carbons (Fsp3) is 0.0526. The molecule has 0 aliphatic heterocycles. The third-order valence-electron chi connectivity index (χ3n) is 3.61. The molecular weight excluding hydrogens is 429 g/mol. The molecule has 0 aliphatic rings. The van der Waals surface area contributed by atoms with Crippen LogP contribution in [0.4, 0.5) is 5.69 Å². The molecule has 0 unspecified atom stereocenters. The van der Waals surface area contributed by atoms with E-state index in [2.05, 4.69) is 38.4 Å². The van der Waals surface area contributed by atoms with Crippen molar-refractivity contribution < 1.29 is 9.90 Å². The average Bonchev–Trinajstić information content (AvgIpc) is 2.63. The molecule has 6 heteroatoms. The van der Waals surface area contributed by atoms with Crippen molar-refractivity contribution in [3.8, 4) is 5.75 Å². The summed E-state index contributed by atoms with van der Waals surface area (Å²) in [7, 11) is 0. The molecule has 0 saturated heterocycles. The molecule has 25 heavy (non-hydrogen) atoms. The van der Waals surface area contributed by atoms with Crippen LogP contribution in [0.2, 0.25) is 0 Å². The number of benzene rings is 3. The Kier molecular flexibility index (Phi) is 5.49. The van der Waals surface area contributed by atoms with Crippen molar-refractivity contribution >= 4 is 51.2 Å². The van der Waals surface area contributed by atoms with Gasteiger partial charge in [0.25, 0.3) is 5.91 Å². The van der Waals surface area contributed by atoms with Crippen molar-refractivity contribution in [1.29, 1.82) is 0 Å². The first kappa shape index (κ1) is 17.2. The van der Waals surface area contributed by atoms with Gasteiger partial charge < -0.3 is 10.4 Å². The van der Waals surface area contributed by atoms with Crippen molar-refractivity contribution in [2.75, 3.05) is 11.9 Å². The van der Waals surface area contributed by atoms with Gasteiger partial charge in [-0.1, -0.05) is 36.4 Å². The van der Waals surface area contributed by atoms with E-state index in [4.69, 9.17) is 0 Å². The predicted octanol–water partition coefficient (Wildman–Crippen LogP) is 3.71. The first-order valence-corrected chi connectivity index (χ1v) is 8.73. The Morgan fingerprint density at radius 1 is 1.12 bits per heavy atom. The largest absolute Gasteiger partial charge is 0.507 e. The average molecular weight is 445 g/mol. The van der Waals surface area contributed by atoms with E-state index in [1.165, 1.54) is 6.21 Å². The van der Waals surface area contributed by atoms with Gasteiger partial charge >= 0.3 is 0 Å². The summed E-state index contributed by atoms with van der Waals surface area (Å²) in [6.45, 7) is 0.101. The van der Waals surface area contributed by atoms with Gasteiger partial charge in [0.15, 0.2) is 0 Å². The molecule has 3 aromatic rings. The van der Waals surface area contributed by atoms with Crippen LogP contribution >= 0.6 is 22.6 Å². The van der Waals surface area contributed by atoms with Gasteiger partial charge in [-0.2, -0.15) is 5.10 Å². The van der Waals surface area contributed by atoms with Gasteiger partial charge in [0.2, 0.25) is 0 Å². The number of hydrazone groups is 1. The number of hydrogen-bond acceptors (Lipinski definition) is 4. The molecule has 0 aliphatic carbocycles. The molecule has 0 spiro atoms. The van der Waals surface area contributed by atoms with E-state index < -0.39 is 0 Å². The predicted molar refractivity (Wildman–Crippen MR) is 109 cm³/mol. The molecule has 1 amide bonds. The second-order valence-electron chi connectivity index (χ2n) is 5.38. The number of aromatic hydroxyl groups is 1. The summed E-state index contributed by atoms with van der Waals surface area (Å²) in [4.78, 5) is 11.9. The summed E-state index contributed by atoms with van der Waals surface area (Å²) in [6.07, 6.45) is 1.42. The fourth-order valence-corrected chi connectivity index (χ4v) is 2.91. The molecule has 0 atom stereocenters. The Labute approximate surface area is 158 Å². The molecule has 0 fully saturated rings. The molecule has 0 saturated carbocycles. The number of hydrogen-bond donors (Lipinski definition) is 3. The number of anilines is 1. The van der Waals surface area contributed by atoms with Crippen molar-refractivity contribution in [3.63, 3.8) is 0 Å². The lowest BCUT2D eigenvalue weighted by molar-refractivity contribution is -0.119. The lowest BCUT2D eigenvalue weighted by atomic mass is 10.1. The zero-order valence-corrected chi connectivity index (χ0v) is 15.4. The smallest absolute Gasteiger partial charge is 0.259 e. The third-order valence-corrected chi connectivity index (χ3v) is 4.28. The Balaban J connectivity index is 1.59. The molecule has 5 nitrogen and oxygen atoms in total. The summed E-state index contributed by atoms with van der Waals surface area (Å²) < 4.78 is 0.973. The van der Waals surface area contributed by atoms with Gasteiger partial charge in [-0.15, -0.1) is 0 Å². The quantitative estimate of drug-likeness (QED) is 0.319. The molecule has 3 aromatic carbocycles. The molecule has 3 N–H and O–H groups in total. The van der Waals surface area contributed by atoms with Crippen LogP contribution in [0.25, 0.3) is 10.8 Å². The van der Waals surface area contributed by atoms with Crippen LogP contribution in [0, 0.1) is 3.57 Å².